The number of pyridine rings is 1. The van der Waals surface area contributed by atoms with Crippen LogP contribution in [0.25, 0.3) is 5.65 Å². The Labute approximate surface area is 144 Å². The topological polar surface area (TPSA) is 102 Å². The molecule has 3 aromatic rings. The van der Waals surface area contributed by atoms with Crippen molar-refractivity contribution in [3.05, 3.63) is 52.8 Å². The van der Waals surface area contributed by atoms with Crippen LogP contribution in [0.3, 0.4) is 0 Å². The minimum Gasteiger partial charge on any atom is -0.361 e. The second-order valence-corrected chi connectivity index (χ2v) is 5.78. The minimum atomic E-state index is -0.415. The number of fused-ring (bicyclic) bond motifs is 1. The van der Waals surface area contributed by atoms with E-state index in [0.717, 1.165) is 11.3 Å². The Hall–Kier alpha value is -3.16. The molecule has 0 aliphatic rings. The molecule has 0 unspecified atom stereocenters. The second-order valence-electron chi connectivity index (χ2n) is 5.78. The zero-order valence-electron chi connectivity index (χ0n) is 14.3. The van der Waals surface area contributed by atoms with Gasteiger partial charge in [-0.1, -0.05) is 11.2 Å². The van der Waals surface area contributed by atoms with E-state index in [9.17, 15) is 9.59 Å². The molecule has 3 aromatic heterocycles. The van der Waals surface area contributed by atoms with Crippen molar-refractivity contribution in [2.45, 2.75) is 33.6 Å². The molecule has 8 nitrogen and oxygen atoms in total. The van der Waals surface area contributed by atoms with Crippen molar-refractivity contribution in [2.75, 3.05) is 0 Å². The summed E-state index contributed by atoms with van der Waals surface area (Å²) < 4.78 is 6.75. The van der Waals surface area contributed by atoms with E-state index in [4.69, 9.17) is 4.52 Å². The maximum absolute atomic E-state index is 12.4. The van der Waals surface area contributed by atoms with Crippen molar-refractivity contribution in [1.82, 2.24) is 25.4 Å². The van der Waals surface area contributed by atoms with Crippen molar-refractivity contribution >= 4 is 17.5 Å². The maximum atomic E-state index is 12.4. The molecule has 0 aromatic carbocycles. The molecule has 130 valence electrons. The number of amides is 2. The van der Waals surface area contributed by atoms with E-state index in [-0.39, 0.29) is 12.3 Å². The Bertz CT molecular complexity index is 922. The first kappa shape index (κ1) is 16.7. The van der Waals surface area contributed by atoms with Crippen molar-refractivity contribution in [1.29, 1.82) is 0 Å². The number of imidazole rings is 1. The van der Waals surface area contributed by atoms with Gasteiger partial charge in [-0.05, 0) is 39.3 Å². The quantitative estimate of drug-likeness (QED) is 0.703. The van der Waals surface area contributed by atoms with Gasteiger partial charge in [0.25, 0.3) is 5.91 Å². The lowest BCUT2D eigenvalue weighted by atomic mass is 10.1. The fourth-order valence-corrected chi connectivity index (χ4v) is 2.73. The highest BCUT2D eigenvalue weighted by Crippen LogP contribution is 2.14. The number of nitrogens with one attached hydrogen (secondary N) is 2. The third-order valence-corrected chi connectivity index (χ3v) is 4.02. The lowest BCUT2D eigenvalue weighted by molar-refractivity contribution is -0.121. The molecule has 2 amide bonds. The summed E-state index contributed by atoms with van der Waals surface area (Å²) in [5.41, 5.74) is 8.22. The number of hydrazine groups is 1. The van der Waals surface area contributed by atoms with Crippen LogP contribution in [0, 0.1) is 20.8 Å². The van der Waals surface area contributed by atoms with Crippen LogP contribution >= 0.6 is 0 Å². The number of rotatable bonds is 4. The van der Waals surface area contributed by atoms with Crippen LogP contribution < -0.4 is 10.9 Å². The molecule has 3 heterocycles. The number of nitrogens with zero attached hydrogens (tertiary/aromatic N) is 3. The van der Waals surface area contributed by atoms with Crippen molar-refractivity contribution in [3.63, 3.8) is 0 Å². The van der Waals surface area contributed by atoms with Gasteiger partial charge in [-0.2, -0.15) is 0 Å². The van der Waals surface area contributed by atoms with E-state index in [1.165, 1.54) is 0 Å². The molecule has 0 saturated heterocycles. The number of aryl methyl sites for hydroxylation is 3. The summed E-state index contributed by atoms with van der Waals surface area (Å²) in [7, 11) is 0. The van der Waals surface area contributed by atoms with Crippen LogP contribution in [0.4, 0.5) is 0 Å². The normalized spacial score (nSPS) is 10.8. The van der Waals surface area contributed by atoms with Gasteiger partial charge in [0.1, 0.15) is 17.1 Å². The van der Waals surface area contributed by atoms with E-state index < -0.39 is 5.91 Å². The number of carbonyl (C=O) groups is 2. The predicted octanol–water partition coefficient (Wildman–Crippen LogP) is 1.64. The van der Waals surface area contributed by atoms with Crippen LogP contribution in [0.15, 0.2) is 28.9 Å². The summed E-state index contributed by atoms with van der Waals surface area (Å²) >= 11 is 0. The molecule has 0 fully saturated rings. The minimum absolute atomic E-state index is 0.218. The predicted molar refractivity (Wildman–Crippen MR) is 89.8 cm³/mol. The van der Waals surface area contributed by atoms with Crippen molar-refractivity contribution in [2.24, 2.45) is 0 Å². The Balaban J connectivity index is 1.60. The number of aromatic nitrogens is 3. The zero-order valence-corrected chi connectivity index (χ0v) is 14.3. The Morgan fingerprint density at radius 1 is 1.16 bits per heavy atom. The van der Waals surface area contributed by atoms with Gasteiger partial charge >= 0.3 is 0 Å². The highest BCUT2D eigenvalue weighted by molar-refractivity contribution is 5.95. The molecular weight excluding hydrogens is 322 g/mol. The fourth-order valence-electron chi connectivity index (χ4n) is 2.73. The third-order valence-electron chi connectivity index (χ3n) is 4.02. The number of carbonyl (C=O) groups excluding carboxylic acids is 2. The Morgan fingerprint density at radius 3 is 2.68 bits per heavy atom. The average molecular weight is 341 g/mol. The zero-order chi connectivity index (χ0) is 18.0. The molecule has 25 heavy (non-hydrogen) atoms. The van der Waals surface area contributed by atoms with Gasteiger partial charge in [-0.3, -0.25) is 24.8 Å². The lowest BCUT2D eigenvalue weighted by Gasteiger charge is -2.08. The SMILES string of the molecule is Cc1noc(C)c1CCC(=O)NNC(=O)c1c(C)nc2ccccn12. The summed E-state index contributed by atoms with van der Waals surface area (Å²) in [6.07, 6.45) is 2.47. The molecule has 0 atom stereocenters. The summed E-state index contributed by atoms with van der Waals surface area (Å²) in [6.45, 7) is 5.39. The summed E-state index contributed by atoms with van der Waals surface area (Å²) in [6, 6.07) is 5.47. The standard InChI is InChI=1S/C17H19N5O3/c1-10-13(12(3)25-21-10)7-8-15(23)19-20-17(24)16-11(2)18-14-6-4-5-9-22(14)16/h4-6,9H,7-8H2,1-3H3,(H,19,23)(H,20,24). The van der Waals surface area contributed by atoms with E-state index in [1.807, 2.05) is 32.0 Å². The van der Waals surface area contributed by atoms with Crippen LogP contribution in [-0.2, 0) is 11.2 Å². The first-order valence-electron chi connectivity index (χ1n) is 7.92. The number of hydrogen-bond donors (Lipinski definition) is 2. The van der Waals surface area contributed by atoms with E-state index in [2.05, 4.69) is 21.0 Å². The van der Waals surface area contributed by atoms with E-state index >= 15 is 0 Å². The number of hydrogen-bond acceptors (Lipinski definition) is 5. The largest absolute Gasteiger partial charge is 0.361 e. The molecule has 8 heteroatoms. The van der Waals surface area contributed by atoms with Gasteiger partial charge in [0.15, 0.2) is 0 Å². The molecular formula is C17H19N5O3. The van der Waals surface area contributed by atoms with Gasteiger partial charge in [-0.25, -0.2) is 4.98 Å². The monoisotopic (exact) mass is 341 g/mol. The summed E-state index contributed by atoms with van der Waals surface area (Å²) in [4.78, 5) is 28.7. The van der Waals surface area contributed by atoms with Gasteiger partial charge < -0.3 is 4.52 Å². The van der Waals surface area contributed by atoms with Crippen LogP contribution in [0.5, 0.6) is 0 Å². The highest BCUT2D eigenvalue weighted by Gasteiger charge is 2.17. The fraction of sp³-hybridized carbons (Fsp3) is 0.294. The average Bonchev–Trinajstić information content (AvgIpc) is 3.09. The highest BCUT2D eigenvalue weighted by atomic mass is 16.5. The van der Waals surface area contributed by atoms with Gasteiger partial charge in [-0.15, -0.1) is 0 Å². The first-order valence-corrected chi connectivity index (χ1v) is 7.92. The van der Waals surface area contributed by atoms with Gasteiger partial charge in [0.05, 0.1) is 11.4 Å². The van der Waals surface area contributed by atoms with Crippen LogP contribution in [0.2, 0.25) is 0 Å². The van der Waals surface area contributed by atoms with Crippen molar-refractivity contribution < 1.29 is 14.1 Å². The second kappa shape index (κ2) is 6.76. The maximum Gasteiger partial charge on any atom is 0.288 e. The molecule has 2 N–H and O–H groups in total. The smallest absolute Gasteiger partial charge is 0.288 e. The third kappa shape index (κ3) is 3.37. The molecule has 0 radical (unpaired) electrons. The summed E-state index contributed by atoms with van der Waals surface area (Å²) in [5.74, 6) is -0.00240. The van der Waals surface area contributed by atoms with Crippen LogP contribution in [-0.4, -0.2) is 26.4 Å². The molecule has 0 aliphatic heterocycles. The molecule has 3 rings (SSSR count). The van der Waals surface area contributed by atoms with Gasteiger partial charge in [0, 0.05) is 18.2 Å². The van der Waals surface area contributed by atoms with Crippen LogP contribution in [0.1, 0.15) is 39.6 Å². The summed E-state index contributed by atoms with van der Waals surface area (Å²) in [5, 5.41) is 3.85. The van der Waals surface area contributed by atoms with E-state index in [1.54, 1.807) is 17.5 Å². The van der Waals surface area contributed by atoms with E-state index in [0.29, 0.717) is 29.2 Å². The first-order chi connectivity index (χ1) is 12.0. The Kier molecular flexibility index (Phi) is 4.51. The molecule has 0 bridgehead atoms. The van der Waals surface area contributed by atoms with Crippen molar-refractivity contribution in [3.8, 4) is 0 Å². The molecule has 0 aliphatic carbocycles. The Morgan fingerprint density at radius 2 is 1.96 bits per heavy atom. The van der Waals surface area contributed by atoms with Gasteiger partial charge in [0.2, 0.25) is 5.91 Å². The molecule has 0 saturated carbocycles. The lowest BCUT2D eigenvalue weighted by Crippen LogP contribution is -2.42. The molecule has 0 spiro atoms.